The Balaban J connectivity index is 2.99. The average Bonchev–Trinajstić information content (AvgIpc) is 2.04. The van der Waals surface area contributed by atoms with Gasteiger partial charge >= 0.3 is 0 Å². The molecule has 1 aromatic heterocycles. The molecule has 0 aliphatic heterocycles. The fraction of sp³-hybridized carbons (Fsp3) is 0.375. The summed E-state index contributed by atoms with van der Waals surface area (Å²) in [6.45, 7) is 1.87. The molecule has 0 saturated heterocycles. The van der Waals surface area contributed by atoms with E-state index in [4.69, 9.17) is 9.84 Å². The van der Waals surface area contributed by atoms with Crippen LogP contribution in [0.4, 0.5) is 0 Å². The van der Waals surface area contributed by atoms with Gasteiger partial charge in [-0.25, -0.2) is 0 Å². The molecule has 0 bridgehead atoms. The normalized spacial score (nSPS) is 9.73. The van der Waals surface area contributed by atoms with Crippen molar-refractivity contribution in [3.05, 3.63) is 23.5 Å². The van der Waals surface area contributed by atoms with Gasteiger partial charge in [0.1, 0.15) is 5.75 Å². The summed E-state index contributed by atoms with van der Waals surface area (Å²) in [5.41, 5.74) is 1.65. The SMILES string of the molecule is COc1cnc(CO)c(C)c1. The maximum atomic E-state index is 8.78. The molecule has 0 spiro atoms. The van der Waals surface area contributed by atoms with Gasteiger partial charge in [0.2, 0.25) is 0 Å². The highest BCUT2D eigenvalue weighted by Crippen LogP contribution is 2.13. The number of hydrogen-bond acceptors (Lipinski definition) is 3. The van der Waals surface area contributed by atoms with E-state index in [-0.39, 0.29) is 6.61 Å². The fourth-order valence-corrected chi connectivity index (χ4v) is 0.854. The molecule has 0 aliphatic rings. The van der Waals surface area contributed by atoms with Gasteiger partial charge in [-0.05, 0) is 18.6 Å². The van der Waals surface area contributed by atoms with E-state index in [2.05, 4.69) is 4.98 Å². The second-order valence-electron chi connectivity index (χ2n) is 2.30. The van der Waals surface area contributed by atoms with Crippen molar-refractivity contribution in [2.45, 2.75) is 13.5 Å². The summed E-state index contributed by atoms with van der Waals surface area (Å²) in [4.78, 5) is 3.99. The van der Waals surface area contributed by atoms with Crippen molar-refractivity contribution in [1.29, 1.82) is 0 Å². The summed E-state index contributed by atoms with van der Waals surface area (Å²) < 4.78 is 4.95. The molecule has 0 amide bonds. The van der Waals surface area contributed by atoms with E-state index in [1.54, 1.807) is 13.3 Å². The highest BCUT2D eigenvalue weighted by atomic mass is 16.5. The molecule has 1 rings (SSSR count). The van der Waals surface area contributed by atoms with E-state index in [1.165, 1.54) is 0 Å². The van der Waals surface area contributed by atoms with Crippen molar-refractivity contribution in [2.24, 2.45) is 0 Å². The Morgan fingerprint density at radius 3 is 2.82 bits per heavy atom. The molecule has 60 valence electrons. The van der Waals surface area contributed by atoms with Crippen molar-refractivity contribution in [2.75, 3.05) is 7.11 Å². The highest BCUT2D eigenvalue weighted by Gasteiger charge is 1.98. The molecule has 0 fully saturated rings. The third-order valence-electron chi connectivity index (χ3n) is 1.55. The van der Waals surface area contributed by atoms with E-state index in [0.29, 0.717) is 5.69 Å². The molecule has 0 radical (unpaired) electrons. The van der Waals surface area contributed by atoms with Gasteiger partial charge in [0.05, 0.1) is 25.6 Å². The number of aromatic nitrogens is 1. The number of hydrogen-bond donors (Lipinski definition) is 1. The monoisotopic (exact) mass is 153 g/mol. The van der Waals surface area contributed by atoms with E-state index in [9.17, 15) is 0 Å². The van der Waals surface area contributed by atoms with Crippen LogP contribution in [0, 0.1) is 6.92 Å². The topological polar surface area (TPSA) is 42.4 Å². The van der Waals surface area contributed by atoms with Crippen LogP contribution in [0.5, 0.6) is 5.75 Å². The van der Waals surface area contributed by atoms with Crippen molar-refractivity contribution in [3.8, 4) is 5.75 Å². The lowest BCUT2D eigenvalue weighted by atomic mass is 10.2. The number of methoxy groups -OCH3 is 1. The minimum atomic E-state index is -0.0180. The number of nitrogens with zero attached hydrogens (tertiary/aromatic N) is 1. The standard InChI is InChI=1S/C8H11NO2/c1-6-3-7(11-2)4-9-8(6)5-10/h3-4,10H,5H2,1-2H3. The van der Waals surface area contributed by atoms with Crippen LogP contribution in [0.15, 0.2) is 12.3 Å². The first-order chi connectivity index (χ1) is 5.27. The molecule has 11 heavy (non-hydrogen) atoms. The molecule has 3 heteroatoms. The van der Waals surface area contributed by atoms with E-state index >= 15 is 0 Å². The first-order valence-corrected chi connectivity index (χ1v) is 3.38. The van der Waals surface area contributed by atoms with Crippen LogP contribution in [0.1, 0.15) is 11.3 Å². The minimum Gasteiger partial charge on any atom is -0.495 e. The zero-order valence-corrected chi connectivity index (χ0v) is 6.66. The molecule has 1 heterocycles. The van der Waals surface area contributed by atoms with Crippen molar-refractivity contribution < 1.29 is 9.84 Å². The molecule has 0 saturated carbocycles. The molecule has 1 N–H and O–H groups in total. The average molecular weight is 153 g/mol. The van der Waals surface area contributed by atoms with Gasteiger partial charge in [0.15, 0.2) is 0 Å². The Bertz CT molecular complexity index is 248. The first-order valence-electron chi connectivity index (χ1n) is 3.38. The van der Waals surface area contributed by atoms with Crippen LogP contribution in [0.25, 0.3) is 0 Å². The highest BCUT2D eigenvalue weighted by molar-refractivity contribution is 5.27. The Hall–Kier alpha value is -1.09. The van der Waals surface area contributed by atoms with E-state index in [0.717, 1.165) is 11.3 Å². The molecule has 0 unspecified atom stereocenters. The van der Waals surface area contributed by atoms with Crippen molar-refractivity contribution >= 4 is 0 Å². The molecular weight excluding hydrogens is 142 g/mol. The summed E-state index contributed by atoms with van der Waals surface area (Å²) in [6, 6.07) is 1.85. The molecule has 1 aromatic rings. The van der Waals surface area contributed by atoms with E-state index < -0.39 is 0 Å². The zero-order valence-electron chi connectivity index (χ0n) is 6.66. The third kappa shape index (κ3) is 1.68. The van der Waals surface area contributed by atoms with Crippen LogP contribution in [-0.2, 0) is 6.61 Å². The lowest BCUT2D eigenvalue weighted by molar-refractivity contribution is 0.275. The lowest BCUT2D eigenvalue weighted by Gasteiger charge is -2.03. The van der Waals surface area contributed by atoms with E-state index in [1.807, 2.05) is 13.0 Å². The largest absolute Gasteiger partial charge is 0.495 e. The summed E-state index contributed by atoms with van der Waals surface area (Å²) in [5, 5.41) is 8.78. The quantitative estimate of drug-likeness (QED) is 0.686. The lowest BCUT2D eigenvalue weighted by Crippen LogP contribution is -1.94. The predicted octanol–water partition coefficient (Wildman–Crippen LogP) is 0.891. The maximum absolute atomic E-state index is 8.78. The summed E-state index contributed by atoms with van der Waals surface area (Å²) in [7, 11) is 1.59. The number of ether oxygens (including phenoxy) is 1. The van der Waals surface area contributed by atoms with Crippen LogP contribution in [0.2, 0.25) is 0 Å². The Morgan fingerprint density at radius 2 is 2.36 bits per heavy atom. The second-order valence-corrected chi connectivity index (χ2v) is 2.30. The molecular formula is C8H11NO2. The van der Waals surface area contributed by atoms with Crippen LogP contribution >= 0.6 is 0 Å². The second kappa shape index (κ2) is 3.34. The fourth-order valence-electron chi connectivity index (χ4n) is 0.854. The van der Waals surface area contributed by atoms with Crippen LogP contribution < -0.4 is 4.74 Å². The number of aliphatic hydroxyl groups is 1. The smallest absolute Gasteiger partial charge is 0.137 e. The summed E-state index contributed by atoms with van der Waals surface area (Å²) in [6.07, 6.45) is 1.60. The number of aryl methyl sites for hydroxylation is 1. The number of rotatable bonds is 2. The first kappa shape index (κ1) is 8.01. The molecule has 3 nitrogen and oxygen atoms in total. The van der Waals surface area contributed by atoms with Gasteiger partial charge in [-0.15, -0.1) is 0 Å². The molecule has 0 aliphatic carbocycles. The van der Waals surface area contributed by atoms with Gasteiger partial charge < -0.3 is 9.84 Å². The Morgan fingerprint density at radius 1 is 1.64 bits per heavy atom. The van der Waals surface area contributed by atoms with Gasteiger partial charge in [0, 0.05) is 0 Å². The third-order valence-corrected chi connectivity index (χ3v) is 1.55. The maximum Gasteiger partial charge on any atom is 0.137 e. The number of aliphatic hydroxyl groups excluding tert-OH is 1. The Labute approximate surface area is 65.7 Å². The van der Waals surface area contributed by atoms with Gasteiger partial charge in [-0.3, -0.25) is 4.98 Å². The van der Waals surface area contributed by atoms with Crippen LogP contribution in [-0.4, -0.2) is 17.2 Å². The Kier molecular flexibility index (Phi) is 2.44. The minimum absolute atomic E-state index is 0.0180. The predicted molar refractivity (Wildman–Crippen MR) is 41.4 cm³/mol. The molecule has 0 atom stereocenters. The zero-order chi connectivity index (χ0) is 8.27. The van der Waals surface area contributed by atoms with Crippen molar-refractivity contribution in [1.82, 2.24) is 4.98 Å². The van der Waals surface area contributed by atoms with Crippen molar-refractivity contribution in [3.63, 3.8) is 0 Å². The summed E-state index contributed by atoms with van der Waals surface area (Å²) in [5.74, 6) is 0.722. The van der Waals surface area contributed by atoms with Crippen LogP contribution in [0.3, 0.4) is 0 Å². The van der Waals surface area contributed by atoms with Gasteiger partial charge in [-0.2, -0.15) is 0 Å². The molecule has 0 aromatic carbocycles. The summed E-state index contributed by atoms with van der Waals surface area (Å²) >= 11 is 0. The van der Waals surface area contributed by atoms with Gasteiger partial charge in [0.25, 0.3) is 0 Å². The van der Waals surface area contributed by atoms with Gasteiger partial charge in [-0.1, -0.05) is 0 Å². The number of pyridine rings is 1.